The van der Waals surface area contributed by atoms with Gasteiger partial charge in [0.1, 0.15) is 5.54 Å². The van der Waals surface area contributed by atoms with Crippen LogP contribution in [0.5, 0.6) is 0 Å². The number of Topliss-reactive ketones (excluding diaryl/α,β-unsaturated/α-hetero) is 1. The van der Waals surface area contributed by atoms with Crippen LogP contribution in [0.2, 0.25) is 0 Å². The fourth-order valence-corrected chi connectivity index (χ4v) is 1.50. The molecule has 0 aromatic heterocycles. The summed E-state index contributed by atoms with van der Waals surface area (Å²) in [6, 6.07) is -0.480. The van der Waals surface area contributed by atoms with E-state index >= 15 is 0 Å². The first kappa shape index (κ1) is 12.7. The van der Waals surface area contributed by atoms with Crippen molar-refractivity contribution in [2.45, 2.75) is 39.7 Å². The Balaban J connectivity index is 2.73. The van der Waals surface area contributed by atoms with Crippen molar-refractivity contribution in [2.24, 2.45) is 5.92 Å². The molecule has 0 bridgehead atoms. The molecule has 90 valence electrons. The molecule has 1 heterocycles. The van der Waals surface area contributed by atoms with E-state index in [0.717, 1.165) is 4.90 Å². The minimum atomic E-state index is -0.896. The zero-order chi connectivity index (χ0) is 12.5. The fourth-order valence-electron chi connectivity index (χ4n) is 1.50. The molecule has 1 saturated heterocycles. The molecule has 5 heteroatoms. The van der Waals surface area contributed by atoms with Crippen LogP contribution < -0.4 is 5.32 Å². The molecule has 0 saturated carbocycles. The Bertz CT molecular complexity index is 336. The van der Waals surface area contributed by atoms with Gasteiger partial charge in [0.2, 0.25) is 0 Å². The number of rotatable bonds is 4. The maximum Gasteiger partial charge on any atom is 0.325 e. The van der Waals surface area contributed by atoms with Crippen molar-refractivity contribution >= 4 is 17.7 Å². The number of ketones is 1. The van der Waals surface area contributed by atoms with Gasteiger partial charge in [-0.2, -0.15) is 0 Å². The minimum Gasteiger partial charge on any atom is -0.324 e. The summed E-state index contributed by atoms with van der Waals surface area (Å²) >= 11 is 0. The Morgan fingerprint density at radius 3 is 2.38 bits per heavy atom. The van der Waals surface area contributed by atoms with Crippen molar-refractivity contribution in [2.75, 3.05) is 6.54 Å². The molecule has 0 spiro atoms. The summed E-state index contributed by atoms with van der Waals surface area (Å²) in [5.74, 6) is -0.540. The van der Waals surface area contributed by atoms with Crippen LogP contribution in [0.1, 0.15) is 34.1 Å². The Morgan fingerprint density at radius 2 is 2.00 bits per heavy atom. The highest BCUT2D eigenvalue weighted by Gasteiger charge is 2.44. The predicted molar refractivity (Wildman–Crippen MR) is 58.8 cm³/mol. The molecule has 0 aromatic rings. The molecule has 5 nitrogen and oxygen atoms in total. The quantitative estimate of drug-likeness (QED) is 0.725. The Hall–Kier alpha value is -1.39. The summed E-state index contributed by atoms with van der Waals surface area (Å²) in [6.45, 7) is 6.83. The second-order valence-electron chi connectivity index (χ2n) is 4.72. The van der Waals surface area contributed by atoms with Crippen LogP contribution >= 0.6 is 0 Å². The highest BCUT2D eigenvalue weighted by atomic mass is 16.2. The van der Waals surface area contributed by atoms with Gasteiger partial charge >= 0.3 is 6.03 Å². The van der Waals surface area contributed by atoms with Crippen molar-refractivity contribution in [3.63, 3.8) is 0 Å². The van der Waals surface area contributed by atoms with Crippen LogP contribution in [-0.2, 0) is 9.59 Å². The number of nitrogens with one attached hydrogen (secondary N) is 1. The van der Waals surface area contributed by atoms with Crippen molar-refractivity contribution in [3.8, 4) is 0 Å². The first-order valence-corrected chi connectivity index (χ1v) is 5.46. The highest BCUT2D eigenvalue weighted by Crippen LogP contribution is 2.17. The molecule has 1 aliphatic rings. The maximum atomic E-state index is 11.8. The van der Waals surface area contributed by atoms with Gasteiger partial charge in [0, 0.05) is 5.92 Å². The van der Waals surface area contributed by atoms with E-state index < -0.39 is 11.6 Å². The van der Waals surface area contributed by atoms with Gasteiger partial charge in [0.25, 0.3) is 5.91 Å². The van der Waals surface area contributed by atoms with Crippen LogP contribution in [0.4, 0.5) is 4.79 Å². The summed E-state index contributed by atoms with van der Waals surface area (Å²) in [7, 11) is 0. The maximum absolute atomic E-state index is 11.8. The molecule has 1 aliphatic heterocycles. The summed E-state index contributed by atoms with van der Waals surface area (Å²) in [4.78, 5) is 35.9. The summed E-state index contributed by atoms with van der Waals surface area (Å²) in [5.41, 5.74) is -0.896. The number of nitrogens with zero attached hydrogens (tertiary/aromatic N) is 1. The summed E-state index contributed by atoms with van der Waals surface area (Å²) in [6.07, 6.45) is 0.714. The molecule has 0 radical (unpaired) electrons. The average molecular weight is 226 g/mol. The number of urea groups is 1. The SMILES string of the molecule is CCC(C)C(=O)CN1C(=O)NC(C)(C)C1=O. The summed E-state index contributed by atoms with van der Waals surface area (Å²) < 4.78 is 0. The summed E-state index contributed by atoms with van der Waals surface area (Å²) in [5, 5.41) is 2.54. The number of amides is 3. The van der Waals surface area contributed by atoms with Gasteiger partial charge in [0.15, 0.2) is 5.78 Å². The van der Waals surface area contributed by atoms with E-state index in [0.29, 0.717) is 6.42 Å². The molecule has 1 unspecified atom stereocenters. The normalized spacial score (nSPS) is 20.9. The lowest BCUT2D eigenvalue weighted by Crippen LogP contribution is -2.41. The van der Waals surface area contributed by atoms with Gasteiger partial charge < -0.3 is 5.32 Å². The number of hydrogen-bond acceptors (Lipinski definition) is 3. The third-order valence-electron chi connectivity index (χ3n) is 2.92. The molecule has 0 aromatic carbocycles. The second-order valence-corrected chi connectivity index (χ2v) is 4.72. The van der Waals surface area contributed by atoms with E-state index in [2.05, 4.69) is 5.32 Å². The van der Waals surface area contributed by atoms with Gasteiger partial charge in [-0.1, -0.05) is 13.8 Å². The molecule has 1 N–H and O–H groups in total. The van der Waals surface area contributed by atoms with Gasteiger partial charge in [-0.05, 0) is 20.3 Å². The van der Waals surface area contributed by atoms with Gasteiger partial charge in [-0.15, -0.1) is 0 Å². The van der Waals surface area contributed by atoms with E-state index in [1.807, 2.05) is 6.92 Å². The molecule has 1 rings (SSSR count). The van der Waals surface area contributed by atoms with E-state index in [1.165, 1.54) is 0 Å². The van der Waals surface area contributed by atoms with Gasteiger partial charge in [0.05, 0.1) is 6.54 Å². The van der Waals surface area contributed by atoms with E-state index in [-0.39, 0.29) is 24.2 Å². The van der Waals surface area contributed by atoms with Crippen LogP contribution in [0.3, 0.4) is 0 Å². The lowest BCUT2D eigenvalue weighted by Gasteiger charge is -2.16. The van der Waals surface area contributed by atoms with Gasteiger partial charge in [-0.3, -0.25) is 14.5 Å². The highest BCUT2D eigenvalue weighted by molar-refractivity contribution is 6.08. The fraction of sp³-hybridized carbons (Fsp3) is 0.727. The van der Waals surface area contributed by atoms with Crippen LogP contribution in [0.25, 0.3) is 0 Å². The number of imide groups is 1. The molecular formula is C11H18N2O3. The molecule has 0 aliphatic carbocycles. The zero-order valence-corrected chi connectivity index (χ0v) is 10.2. The van der Waals surface area contributed by atoms with Gasteiger partial charge in [-0.25, -0.2) is 4.79 Å². The van der Waals surface area contributed by atoms with Crippen LogP contribution in [0.15, 0.2) is 0 Å². The predicted octanol–water partition coefficient (Wildman–Crippen LogP) is 0.932. The Morgan fingerprint density at radius 1 is 1.44 bits per heavy atom. The Labute approximate surface area is 95.2 Å². The van der Waals surface area contributed by atoms with Crippen molar-refractivity contribution < 1.29 is 14.4 Å². The largest absolute Gasteiger partial charge is 0.325 e. The molecule has 1 atom stereocenters. The number of carbonyl (C=O) groups excluding carboxylic acids is 3. The van der Waals surface area contributed by atoms with Crippen molar-refractivity contribution in [3.05, 3.63) is 0 Å². The first-order chi connectivity index (χ1) is 7.29. The van der Waals surface area contributed by atoms with E-state index in [4.69, 9.17) is 0 Å². The standard InChI is InChI=1S/C11H18N2O3/c1-5-7(2)8(14)6-13-9(15)11(3,4)12-10(13)16/h7H,5-6H2,1-4H3,(H,12,16). The van der Waals surface area contributed by atoms with Crippen LogP contribution in [0, 0.1) is 5.92 Å². The average Bonchev–Trinajstić information content (AvgIpc) is 2.39. The van der Waals surface area contributed by atoms with E-state index in [1.54, 1.807) is 20.8 Å². The van der Waals surface area contributed by atoms with Crippen LogP contribution in [-0.4, -0.2) is 34.7 Å². The lowest BCUT2D eigenvalue weighted by atomic mass is 10.0. The molecule has 16 heavy (non-hydrogen) atoms. The third-order valence-corrected chi connectivity index (χ3v) is 2.92. The zero-order valence-electron chi connectivity index (χ0n) is 10.2. The van der Waals surface area contributed by atoms with Crippen molar-refractivity contribution in [1.82, 2.24) is 10.2 Å². The Kier molecular flexibility index (Phi) is 3.35. The molecule has 1 fully saturated rings. The first-order valence-electron chi connectivity index (χ1n) is 5.46. The monoisotopic (exact) mass is 226 g/mol. The molecular weight excluding hydrogens is 208 g/mol. The topological polar surface area (TPSA) is 66.5 Å². The third kappa shape index (κ3) is 2.23. The minimum absolute atomic E-state index is 0.0799. The smallest absolute Gasteiger partial charge is 0.324 e. The molecule has 3 amide bonds. The van der Waals surface area contributed by atoms with E-state index in [9.17, 15) is 14.4 Å². The lowest BCUT2D eigenvalue weighted by molar-refractivity contribution is -0.134. The number of carbonyl (C=O) groups is 3. The second kappa shape index (κ2) is 4.23. The van der Waals surface area contributed by atoms with Crippen molar-refractivity contribution in [1.29, 1.82) is 0 Å². The number of hydrogen-bond donors (Lipinski definition) is 1.